The van der Waals surface area contributed by atoms with Crippen molar-refractivity contribution in [1.82, 2.24) is 4.90 Å². The highest BCUT2D eigenvalue weighted by Gasteiger charge is 2.27. The predicted molar refractivity (Wildman–Crippen MR) is 46.2 cm³/mol. The Morgan fingerprint density at radius 1 is 1.73 bits per heavy atom. The Morgan fingerprint density at radius 3 is 2.73 bits per heavy atom. The molecular formula is C9H17NO. The number of hydrogen-bond acceptors (Lipinski definition) is 2. The zero-order chi connectivity index (χ0) is 8.43. The molecule has 64 valence electrons. The highest BCUT2D eigenvalue weighted by Crippen LogP contribution is 2.23. The highest BCUT2D eigenvalue weighted by atomic mass is 16.3. The first-order valence-electron chi connectivity index (χ1n) is 4.22. The van der Waals surface area contributed by atoms with Crippen molar-refractivity contribution in [3.63, 3.8) is 0 Å². The molecule has 2 nitrogen and oxygen atoms in total. The van der Waals surface area contributed by atoms with Gasteiger partial charge in [-0.15, -0.1) is 0 Å². The summed E-state index contributed by atoms with van der Waals surface area (Å²) in [7, 11) is 0. The first-order chi connectivity index (χ1) is 5.13. The molecule has 1 aliphatic heterocycles. The van der Waals surface area contributed by atoms with Crippen LogP contribution in [0.15, 0.2) is 12.2 Å². The van der Waals surface area contributed by atoms with Gasteiger partial charge in [0, 0.05) is 12.6 Å². The lowest BCUT2D eigenvalue weighted by atomic mass is 10.1. The van der Waals surface area contributed by atoms with E-state index in [1.54, 1.807) is 0 Å². The van der Waals surface area contributed by atoms with Crippen molar-refractivity contribution in [2.45, 2.75) is 39.0 Å². The maximum Gasteiger partial charge on any atom is 0.105 e. The molecule has 1 heterocycles. The van der Waals surface area contributed by atoms with E-state index >= 15 is 0 Å². The molecule has 0 aromatic rings. The van der Waals surface area contributed by atoms with E-state index in [1.165, 1.54) is 12.0 Å². The Morgan fingerprint density at radius 2 is 2.36 bits per heavy atom. The highest BCUT2D eigenvalue weighted by molar-refractivity contribution is 5.05. The molecule has 0 spiro atoms. The van der Waals surface area contributed by atoms with Gasteiger partial charge in [0.15, 0.2) is 0 Å². The van der Waals surface area contributed by atoms with Crippen LogP contribution in [0.25, 0.3) is 0 Å². The van der Waals surface area contributed by atoms with Gasteiger partial charge in [0.25, 0.3) is 0 Å². The van der Waals surface area contributed by atoms with Gasteiger partial charge in [0.05, 0.1) is 0 Å². The average molecular weight is 155 g/mol. The molecule has 2 heteroatoms. The minimum atomic E-state index is -0.320. The second kappa shape index (κ2) is 3.37. The fourth-order valence-corrected chi connectivity index (χ4v) is 1.77. The number of aliphatic hydroxyl groups excluding tert-OH is 1. The summed E-state index contributed by atoms with van der Waals surface area (Å²) in [5.41, 5.74) is 1.17. The maximum absolute atomic E-state index is 9.36. The van der Waals surface area contributed by atoms with Gasteiger partial charge in [-0.3, -0.25) is 4.90 Å². The Kier molecular flexibility index (Phi) is 2.68. The monoisotopic (exact) mass is 155 g/mol. The van der Waals surface area contributed by atoms with Gasteiger partial charge in [-0.05, 0) is 26.7 Å². The SMILES string of the molecule is C=C(C)C1CCCN1C(C)O. The van der Waals surface area contributed by atoms with E-state index < -0.39 is 0 Å². The first-order valence-corrected chi connectivity index (χ1v) is 4.22. The smallest absolute Gasteiger partial charge is 0.105 e. The van der Waals surface area contributed by atoms with Crippen LogP contribution in [0.2, 0.25) is 0 Å². The molecule has 0 aliphatic carbocycles. The summed E-state index contributed by atoms with van der Waals surface area (Å²) in [4.78, 5) is 2.10. The van der Waals surface area contributed by atoms with Crippen molar-refractivity contribution in [1.29, 1.82) is 0 Å². The first kappa shape index (κ1) is 8.75. The molecular weight excluding hydrogens is 138 g/mol. The van der Waals surface area contributed by atoms with Gasteiger partial charge < -0.3 is 5.11 Å². The van der Waals surface area contributed by atoms with Crippen LogP contribution in [0.3, 0.4) is 0 Å². The second-order valence-electron chi connectivity index (χ2n) is 3.37. The maximum atomic E-state index is 9.36. The molecule has 0 bridgehead atoms. The van der Waals surface area contributed by atoms with E-state index in [4.69, 9.17) is 0 Å². The van der Waals surface area contributed by atoms with Crippen molar-refractivity contribution in [2.75, 3.05) is 6.54 Å². The Balaban J connectivity index is 2.58. The molecule has 1 saturated heterocycles. The fraction of sp³-hybridized carbons (Fsp3) is 0.778. The molecule has 0 aromatic carbocycles. The standard InChI is InChI=1S/C9H17NO/c1-7(2)9-5-4-6-10(9)8(3)11/h8-9,11H,1,4-6H2,2-3H3. The Labute approximate surface area is 68.5 Å². The number of rotatable bonds is 2. The van der Waals surface area contributed by atoms with Gasteiger partial charge in [-0.25, -0.2) is 0 Å². The molecule has 11 heavy (non-hydrogen) atoms. The van der Waals surface area contributed by atoms with Gasteiger partial charge in [-0.2, -0.15) is 0 Å². The third-order valence-corrected chi connectivity index (χ3v) is 2.34. The number of aliphatic hydroxyl groups is 1. The van der Waals surface area contributed by atoms with Crippen molar-refractivity contribution < 1.29 is 5.11 Å². The zero-order valence-corrected chi connectivity index (χ0v) is 7.38. The molecule has 2 atom stereocenters. The summed E-state index contributed by atoms with van der Waals surface area (Å²) in [6, 6.07) is 0.412. The fourth-order valence-electron chi connectivity index (χ4n) is 1.77. The molecule has 0 radical (unpaired) electrons. The Bertz CT molecular complexity index is 154. The average Bonchev–Trinajstić information content (AvgIpc) is 2.32. The van der Waals surface area contributed by atoms with Crippen LogP contribution in [-0.2, 0) is 0 Å². The lowest BCUT2D eigenvalue weighted by molar-refractivity contribution is 0.0184. The number of nitrogens with zero attached hydrogens (tertiary/aromatic N) is 1. The number of hydrogen-bond donors (Lipinski definition) is 1. The summed E-state index contributed by atoms with van der Waals surface area (Å²) in [5, 5.41) is 9.36. The van der Waals surface area contributed by atoms with Crippen molar-refractivity contribution in [2.24, 2.45) is 0 Å². The van der Waals surface area contributed by atoms with Crippen LogP contribution in [0.1, 0.15) is 26.7 Å². The van der Waals surface area contributed by atoms with Crippen LogP contribution in [0.5, 0.6) is 0 Å². The van der Waals surface area contributed by atoms with E-state index in [2.05, 4.69) is 11.5 Å². The molecule has 1 rings (SSSR count). The molecule has 0 saturated carbocycles. The van der Waals surface area contributed by atoms with E-state index in [0.717, 1.165) is 13.0 Å². The minimum Gasteiger partial charge on any atom is -0.379 e. The van der Waals surface area contributed by atoms with Crippen molar-refractivity contribution >= 4 is 0 Å². The molecule has 0 aromatic heterocycles. The molecule has 1 aliphatic rings. The van der Waals surface area contributed by atoms with Crippen LogP contribution in [0, 0.1) is 0 Å². The van der Waals surface area contributed by atoms with E-state index in [1.807, 2.05) is 13.8 Å². The van der Waals surface area contributed by atoms with Gasteiger partial charge >= 0.3 is 0 Å². The van der Waals surface area contributed by atoms with Crippen LogP contribution < -0.4 is 0 Å². The topological polar surface area (TPSA) is 23.5 Å². The van der Waals surface area contributed by atoms with E-state index in [-0.39, 0.29) is 6.23 Å². The second-order valence-corrected chi connectivity index (χ2v) is 3.37. The van der Waals surface area contributed by atoms with Gasteiger partial charge in [0.1, 0.15) is 6.23 Å². The summed E-state index contributed by atoms with van der Waals surface area (Å²) in [6.07, 6.45) is 2.02. The van der Waals surface area contributed by atoms with Gasteiger partial charge in [-0.1, -0.05) is 12.2 Å². The zero-order valence-electron chi connectivity index (χ0n) is 7.38. The quantitative estimate of drug-likeness (QED) is 0.609. The van der Waals surface area contributed by atoms with Gasteiger partial charge in [0.2, 0.25) is 0 Å². The summed E-state index contributed by atoms with van der Waals surface area (Å²) in [5.74, 6) is 0. The minimum absolute atomic E-state index is 0.320. The van der Waals surface area contributed by atoms with Crippen LogP contribution in [-0.4, -0.2) is 28.8 Å². The Hall–Kier alpha value is -0.340. The largest absolute Gasteiger partial charge is 0.379 e. The predicted octanol–water partition coefficient (Wildman–Crippen LogP) is 1.37. The van der Waals surface area contributed by atoms with Crippen molar-refractivity contribution in [3.8, 4) is 0 Å². The summed E-state index contributed by atoms with van der Waals surface area (Å²) < 4.78 is 0. The molecule has 2 unspecified atom stereocenters. The number of likely N-dealkylation sites (tertiary alicyclic amines) is 1. The third-order valence-electron chi connectivity index (χ3n) is 2.34. The lowest BCUT2D eigenvalue weighted by Crippen LogP contribution is -2.37. The lowest BCUT2D eigenvalue weighted by Gasteiger charge is -2.27. The normalized spacial score (nSPS) is 28.8. The molecule has 1 fully saturated rings. The van der Waals surface area contributed by atoms with E-state index in [9.17, 15) is 5.11 Å². The van der Waals surface area contributed by atoms with Crippen LogP contribution in [0.4, 0.5) is 0 Å². The van der Waals surface area contributed by atoms with E-state index in [0.29, 0.717) is 6.04 Å². The summed E-state index contributed by atoms with van der Waals surface area (Å²) >= 11 is 0. The van der Waals surface area contributed by atoms with Crippen LogP contribution >= 0.6 is 0 Å². The third kappa shape index (κ3) is 1.82. The molecule has 0 amide bonds. The molecule has 1 N–H and O–H groups in total. The van der Waals surface area contributed by atoms with Crippen molar-refractivity contribution in [3.05, 3.63) is 12.2 Å². The summed E-state index contributed by atoms with van der Waals surface area (Å²) in [6.45, 7) is 8.78.